The summed E-state index contributed by atoms with van der Waals surface area (Å²) in [5.74, 6) is 0.601. The van der Waals surface area contributed by atoms with Gasteiger partial charge >= 0.3 is 0 Å². The quantitative estimate of drug-likeness (QED) is 0.779. The highest BCUT2D eigenvalue weighted by Crippen LogP contribution is 2.52. The van der Waals surface area contributed by atoms with Gasteiger partial charge in [-0.05, 0) is 63.5 Å². The van der Waals surface area contributed by atoms with Gasteiger partial charge in [-0.1, -0.05) is 31.2 Å². The molecule has 2 unspecified atom stereocenters. The topological polar surface area (TPSA) is 32.3 Å². The van der Waals surface area contributed by atoms with Gasteiger partial charge in [-0.15, -0.1) is 0 Å². The summed E-state index contributed by atoms with van der Waals surface area (Å²) in [5.41, 5.74) is 3.21. The van der Waals surface area contributed by atoms with Crippen LogP contribution in [0.15, 0.2) is 46.9 Å². The smallest absolute Gasteiger partial charge is 0.228 e. The summed E-state index contributed by atoms with van der Waals surface area (Å²) >= 11 is 3.12. The number of fused-ring (bicyclic) bond motifs is 1. The molecule has 3 nitrogen and oxygen atoms in total. The van der Waals surface area contributed by atoms with Crippen molar-refractivity contribution < 1.29 is 9.18 Å². The van der Waals surface area contributed by atoms with Gasteiger partial charge in [0.25, 0.3) is 0 Å². The fraction of sp³-hybridized carbons (Fsp3) is 0.381. The second-order valence-corrected chi connectivity index (χ2v) is 8.19. The van der Waals surface area contributed by atoms with Crippen molar-refractivity contribution in [2.45, 2.75) is 19.9 Å². The lowest BCUT2D eigenvalue weighted by Gasteiger charge is -2.19. The third kappa shape index (κ3) is 3.55. The van der Waals surface area contributed by atoms with Crippen molar-refractivity contribution in [1.29, 1.82) is 0 Å². The van der Waals surface area contributed by atoms with E-state index in [4.69, 9.17) is 0 Å². The number of carbonyl (C=O) groups excluding carboxylic acids is 1. The molecule has 2 fully saturated rings. The summed E-state index contributed by atoms with van der Waals surface area (Å²) in [6.45, 7) is 5.04. The highest BCUT2D eigenvalue weighted by molar-refractivity contribution is 9.10. The second kappa shape index (κ2) is 7.12. The monoisotopic (exact) mass is 416 g/mol. The Kier molecular flexibility index (Phi) is 4.84. The minimum absolute atomic E-state index is 0.0219. The Morgan fingerprint density at radius 3 is 2.42 bits per heavy atom. The van der Waals surface area contributed by atoms with Crippen LogP contribution < -0.4 is 5.32 Å². The minimum atomic E-state index is -0.362. The number of carbonyl (C=O) groups is 1. The Balaban J connectivity index is 1.29. The predicted octanol–water partition coefficient (Wildman–Crippen LogP) is 4.47. The molecule has 2 aromatic carbocycles. The van der Waals surface area contributed by atoms with Crippen LogP contribution in [0.2, 0.25) is 0 Å². The van der Waals surface area contributed by atoms with Crippen molar-refractivity contribution in [3.8, 4) is 0 Å². The van der Waals surface area contributed by atoms with Gasteiger partial charge in [0.1, 0.15) is 5.82 Å². The highest BCUT2D eigenvalue weighted by Gasteiger charge is 2.59. The number of aryl methyl sites for hydroxylation is 1. The molecule has 2 atom stereocenters. The summed E-state index contributed by atoms with van der Waals surface area (Å²) in [4.78, 5) is 14.9. The molecular weight excluding hydrogens is 395 g/mol. The molecule has 1 saturated heterocycles. The first-order chi connectivity index (χ1) is 12.5. The van der Waals surface area contributed by atoms with Crippen LogP contribution in [0.4, 0.5) is 10.1 Å². The van der Waals surface area contributed by atoms with Gasteiger partial charge in [0.05, 0.1) is 4.47 Å². The molecule has 1 N–H and O–H groups in total. The van der Waals surface area contributed by atoms with E-state index in [1.807, 2.05) is 0 Å². The molecular formula is C21H22BrFN2O. The van der Waals surface area contributed by atoms with Crippen LogP contribution in [0.5, 0.6) is 0 Å². The van der Waals surface area contributed by atoms with Crippen molar-refractivity contribution in [1.82, 2.24) is 4.90 Å². The maximum atomic E-state index is 13.6. The van der Waals surface area contributed by atoms with E-state index in [2.05, 4.69) is 57.3 Å². The van der Waals surface area contributed by atoms with E-state index in [0.29, 0.717) is 22.0 Å². The molecule has 0 aromatic heterocycles. The lowest BCUT2D eigenvalue weighted by Crippen LogP contribution is -2.27. The fourth-order valence-corrected chi connectivity index (χ4v) is 4.32. The minimum Gasteiger partial charge on any atom is -0.326 e. The normalized spacial score (nSPS) is 24.3. The first kappa shape index (κ1) is 17.7. The van der Waals surface area contributed by atoms with E-state index >= 15 is 0 Å². The number of rotatable bonds is 5. The highest BCUT2D eigenvalue weighted by atomic mass is 79.9. The van der Waals surface area contributed by atoms with E-state index in [0.717, 1.165) is 26.1 Å². The number of nitrogens with zero attached hydrogens (tertiary/aromatic N) is 1. The zero-order valence-corrected chi connectivity index (χ0v) is 16.3. The molecule has 1 heterocycles. The Morgan fingerprint density at radius 1 is 1.15 bits per heavy atom. The van der Waals surface area contributed by atoms with Gasteiger partial charge in [0.2, 0.25) is 5.91 Å². The number of hydrogen-bond acceptors (Lipinski definition) is 2. The molecule has 0 bridgehead atoms. The van der Waals surface area contributed by atoms with Crippen molar-refractivity contribution in [3.63, 3.8) is 0 Å². The van der Waals surface area contributed by atoms with Gasteiger partial charge in [0.15, 0.2) is 0 Å². The lowest BCUT2D eigenvalue weighted by atomic mass is 10.1. The first-order valence-electron chi connectivity index (χ1n) is 9.11. The molecule has 1 aliphatic heterocycles. The van der Waals surface area contributed by atoms with Crippen LogP contribution in [0.1, 0.15) is 18.1 Å². The standard InChI is InChI=1S/C21H22BrFN2O/c1-2-13-3-5-14(6-4-13)10-25-11-16-17(12-25)20(16)21(26)24-15-7-8-18(22)19(23)9-15/h3-9,16-17,20H,2,10-12H2,1H3,(H,24,26). The summed E-state index contributed by atoms with van der Waals surface area (Å²) in [7, 11) is 0. The SMILES string of the molecule is CCc1ccc(CN2CC3C(C2)C3C(=O)Nc2ccc(Br)c(F)c2)cc1. The average Bonchev–Trinajstić information content (AvgIpc) is 3.15. The zero-order chi connectivity index (χ0) is 18.3. The third-order valence-electron chi connectivity index (χ3n) is 5.60. The predicted molar refractivity (Wildman–Crippen MR) is 104 cm³/mol. The van der Waals surface area contributed by atoms with Crippen LogP contribution in [-0.2, 0) is 17.8 Å². The van der Waals surface area contributed by atoms with Crippen LogP contribution >= 0.6 is 15.9 Å². The summed E-state index contributed by atoms with van der Waals surface area (Å²) in [6, 6.07) is 13.5. The Labute approximate surface area is 161 Å². The van der Waals surface area contributed by atoms with E-state index in [9.17, 15) is 9.18 Å². The maximum Gasteiger partial charge on any atom is 0.228 e. The first-order valence-corrected chi connectivity index (χ1v) is 9.90. The van der Waals surface area contributed by atoms with Gasteiger partial charge < -0.3 is 5.32 Å². The van der Waals surface area contributed by atoms with Crippen molar-refractivity contribution >= 4 is 27.5 Å². The van der Waals surface area contributed by atoms with Gasteiger partial charge in [0, 0.05) is 31.2 Å². The molecule has 0 radical (unpaired) electrons. The summed E-state index contributed by atoms with van der Waals surface area (Å²) < 4.78 is 14.0. The van der Waals surface area contributed by atoms with Crippen molar-refractivity contribution in [2.24, 2.45) is 17.8 Å². The molecule has 2 aromatic rings. The van der Waals surface area contributed by atoms with Gasteiger partial charge in [-0.3, -0.25) is 9.69 Å². The molecule has 0 spiro atoms. The number of halogens is 2. The molecule has 1 saturated carbocycles. The zero-order valence-electron chi connectivity index (χ0n) is 14.7. The van der Waals surface area contributed by atoms with Gasteiger partial charge in [-0.2, -0.15) is 0 Å². The van der Waals surface area contributed by atoms with E-state index in [-0.39, 0.29) is 17.6 Å². The maximum absolute atomic E-state index is 13.6. The Hall–Kier alpha value is -1.72. The number of hydrogen-bond donors (Lipinski definition) is 1. The average molecular weight is 417 g/mol. The van der Waals surface area contributed by atoms with Crippen LogP contribution in [-0.4, -0.2) is 23.9 Å². The fourth-order valence-electron chi connectivity index (χ4n) is 4.07. The molecule has 5 heteroatoms. The van der Waals surface area contributed by atoms with E-state index in [1.54, 1.807) is 12.1 Å². The molecule has 136 valence electrons. The summed E-state index contributed by atoms with van der Waals surface area (Å²) in [5, 5.41) is 2.86. The van der Waals surface area contributed by atoms with Crippen molar-refractivity contribution in [3.05, 3.63) is 63.9 Å². The molecule has 4 rings (SSSR count). The lowest BCUT2D eigenvalue weighted by molar-refractivity contribution is -0.118. The van der Waals surface area contributed by atoms with Crippen molar-refractivity contribution in [2.75, 3.05) is 18.4 Å². The Bertz CT molecular complexity index is 811. The molecule has 26 heavy (non-hydrogen) atoms. The summed E-state index contributed by atoms with van der Waals surface area (Å²) in [6.07, 6.45) is 1.06. The number of anilines is 1. The molecule has 2 aliphatic rings. The second-order valence-electron chi connectivity index (χ2n) is 7.34. The van der Waals surface area contributed by atoms with Gasteiger partial charge in [-0.25, -0.2) is 4.39 Å². The number of likely N-dealkylation sites (tertiary alicyclic amines) is 1. The van der Waals surface area contributed by atoms with E-state index in [1.165, 1.54) is 17.2 Å². The third-order valence-corrected chi connectivity index (χ3v) is 6.24. The van der Waals surface area contributed by atoms with E-state index < -0.39 is 0 Å². The Morgan fingerprint density at radius 2 is 1.81 bits per heavy atom. The van der Waals surface area contributed by atoms with Crippen LogP contribution in [0, 0.1) is 23.6 Å². The largest absolute Gasteiger partial charge is 0.326 e. The van der Waals surface area contributed by atoms with Crippen LogP contribution in [0.25, 0.3) is 0 Å². The number of benzene rings is 2. The molecule has 1 aliphatic carbocycles. The number of amides is 1. The molecule has 1 amide bonds. The van der Waals surface area contributed by atoms with Crippen LogP contribution in [0.3, 0.4) is 0 Å². The number of nitrogens with one attached hydrogen (secondary N) is 1. The number of piperidine rings is 1.